The van der Waals surface area contributed by atoms with Gasteiger partial charge in [-0.05, 0) is 19.3 Å². The van der Waals surface area contributed by atoms with Gasteiger partial charge in [0.1, 0.15) is 0 Å². The smallest absolute Gasteiger partial charge is 0.327 e. The average Bonchev–Trinajstić information content (AvgIpc) is 2.35. The monoisotopic (exact) mass is 246 g/mol. The van der Waals surface area contributed by atoms with Gasteiger partial charge in [-0.2, -0.15) is 11.8 Å². The van der Waals surface area contributed by atoms with Crippen LogP contribution in [0.1, 0.15) is 51.9 Å². The van der Waals surface area contributed by atoms with Crippen LogP contribution in [0.25, 0.3) is 0 Å². The van der Waals surface area contributed by atoms with Gasteiger partial charge in [0.15, 0.2) is 0 Å². The number of carbonyl (C=O) groups excluding carboxylic acids is 2. The molecule has 0 aromatic heterocycles. The maximum atomic E-state index is 11.4. The highest BCUT2D eigenvalue weighted by molar-refractivity contribution is 5.72. The molecule has 0 aliphatic heterocycles. The van der Waals surface area contributed by atoms with Crippen molar-refractivity contribution >= 4 is 11.9 Å². The first-order valence-electron chi connectivity index (χ1n) is 5.95. The Morgan fingerprint density at radius 2 is 1.71 bits per heavy atom. The van der Waals surface area contributed by atoms with Crippen LogP contribution < -0.4 is 11.8 Å². The van der Waals surface area contributed by atoms with Gasteiger partial charge in [-0.1, -0.05) is 26.2 Å². The molecule has 0 aliphatic carbocycles. The van der Waals surface area contributed by atoms with Gasteiger partial charge in [0.2, 0.25) is 0 Å². The number of nitrogens with two attached hydrogens (primary N) is 2. The number of hydrogen-bond acceptors (Lipinski definition) is 6. The van der Waals surface area contributed by atoms with Crippen LogP contribution in [-0.2, 0) is 19.3 Å². The molecule has 0 heterocycles. The molecule has 0 aromatic rings. The van der Waals surface area contributed by atoms with Crippen molar-refractivity contribution in [3.05, 3.63) is 0 Å². The standard InChI is InChI=1S/C11H22N2O4/c1-2-3-4-6-9(11(15)17-13)7-5-8-10(14)16-12/h9H,2-8,12-13H2,1H3. The average molecular weight is 246 g/mol. The summed E-state index contributed by atoms with van der Waals surface area (Å²) < 4.78 is 0. The van der Waals surface area contributed by atoms with Crippen molar-refractivity contribution in [2.45, 2.75) is 51.9 Å². The molecular formula is C11H22N2O4. The first-order valence-corrected chi connectivity index (χ1v) is 5.95. The first-order chi connectivity index (χ1) is 8.15. The lowest BCUT2D eigenvalue weighted by molar-refractivity contribution is -0.150. The summed E-state index contributed by atoms with van der Waals surface area (Å²) in [5, 5.41) is 0. The summed E-state index contributed by atoms with van der Waals surface area (Å²) in [6.45, 7) is 2.09. The highest BCUT2D eigenvalue weighted by Crippen LogP contribution is 2.18. The van der Waals surface area contributed by atoms with E-state index >= 15 is 0 Å². The molecule has 0 radical (unpaired) electrons. The third kappa shape index (κ3) is 7.70. The van der Waals surface area contributed by atoms with Crippen LogP contribution in [0, 0.1) is 5.92 Å². The van der Waals surface area contributed by atoms with Crippen molar-refractivity contribution in [1.29, 1.82) is 0 Å². The molecule has 1 unspecified atom stereocenters. The molecule has 0 bridgehead atoms. The van der Waals surface area contributed by atoms with E-state index in [1.54, 1.807) is 0 Å². The van der Waals surface area contributed by atoms with Crippen molar-refractivity contribution in [3.8, 4) is 0 Å². The third-order valence-corrected chi connectivity index (χ3v) is 2.67. The summed E-state index contributed by atoms with van der Waals surface area (Å²) >= 11 is 0. The minimum Gasteiger partial charge on any atom is -0.373 e. The molecule has 0 spiro atoms. The number of hydrogen-bond donors (Lipinski definition) is 2. The quantitative estimate of drug-likeness (QED) is 0.467. The van der Waals surface area contributed by atoms with E-state index in [2.05, 4.69) is 16.6 Å². The molecule has 0 amide bonds. The van der Waals surface area contributed by atoms with Gasteiger partial charge in [0.25, 0.3) is 0 Å². The molecule has 17 heavy (non-hydrogen) atoms. The number of unbranched alkanes of at least 4 members (excludes halogenated alkanes) is 2. The van der Waals surface area contributed by atoms with Gasteiger partial charge in [0.05, 0.1) is 5.92 Å². The molecule has 4 N–H and O–H groups in total. The number of carbonyl (C=O) groups is 2. The van der Waals surface area contributed by atoms with E-state index in [1.807, 2.05) is 0 Å². The summed E-state index contributed by atoms with van der Waals surface area (Å²) in [6, 6.07) is 0. The van der Waals surface area contributed by atoms with E-state index < -0.39 is 11.9 Å². The second-order valence-electron chi connectivity index (χ2n) is 4.01. The zero-order valence-electron chi connectivity index (χ0n) is 10.3. The Hall–Kier alpha value is -1.14. The molecule has 100 valence electrons. The molecule has 0 saturated heterocycles. The van der Waals surface area contributed by atoms with E-state index in [0.29, 0.717) is 12.8 Å². The normalized spacial score (nSPS) is 11.9. The van der Waals surface area contributed by atoms with Gasteiger partial charge >= 0.3 is 11.9 Å². The van der Waals surface area contributed by atoms with Crippen molar-refractivity contribution in [2.24, 2.45) is 17.7 Å². The molecular weight excluding hydrogens is 224 g/mol. The van der Waals surface area contributed by atoms with Crippen molar-refractivity contribution in [1.82, 2.24) is 0 Å². The fraction of sp³-hybridized carbons (Fsp3) is 0.818. The van der Waals surface area contributed by atoms with Crippen LogP contribution in [0.5, 0.6) is 0 Å². The summed E-state index contributed by atoms with van der Waals surface area (Å²) in [4.78, 5) is 30.5. The lowest BCUT2D eigenvalue weighted by Gasteiger charge is -2.13. The van der Waals surface area contributed by atoms with E-state index in [-0.39, 0.29) is 12.3 Å². The topological polar surface area (TPSA) is 105 Å². The zero-order valence-corrected chi connectivity index (χ0v) is 10.3. The van der Waals surface area contributed by atoms with Crippen LogP contribution in [0.3, 0.4) is 0 Å². The molecule has 1 atom stereocenters. The highest BCUT2D eigenvalue weighted by atomic mass is 16.7. The van der Waals surface area contributed by atoms with Crippen LogP contribution in [0.15, 0.2) is 0 Å². The maximum Gasteiger partial charge on any atom is 0.327 e. The Balaban J connectivity index is 3.93. The Kier molecular flexibility index (Phi) is 9.37. The van der Waals surface area contributed by atoms with Gasteiger partial charge < -0.3 is 9.68 Å². The molecule has 0 saturated carbocycles. The second-order valence-corrected chi connectivity index (χ2v) is 4.01. The van der Waals surface area contributed by atoms with Gasteiger partial charge in [0, 0.05) is 6.42 Å². The Labute approximate surface area is 102 Å². The maximum absolute atomic E-state index is 11.4. The Morgan fingerprint density at radius 1 is 1.06 bits per heavy atom. The second kappa shape index (κ2) is 10.0. The first kappa shape index (κ1) is 15.9. The fourth-order valence-corrected chi connectivity index (χ4v) is 1.67. The minimum absolute atomic E-state index is 0.207. The largest absolute Gasteiger partial charge is 0.373 e. The Morgan fingerprint density at radius 3 is 2.24 bits per heavy atom. The summed E-state index contributed by atoms with van der Waals surface area (Å²) in [6.07, 6.45) is 5.16. The lowest BCUT2D eigenvalue weighted by atomic mass is 9.95. The lowest BCUT2D eigenvalue weighted by Crippen LogP contribution is -2.21. The summed E-state index contributed by atoms with van der Waals surface area (Å²) in [7, 11) is 0. The zero-order chi connectivity index (χ0) is 13.1. The Bertz CT molecular complexity index is 234. The van der Waals surface area contributed by atoms with Crippen LogP contribution in [-0.4, -0.2) is 11.9 Å². The SMILES string of the molecule is CCCCCC(CCCC(=O)ON)C(=O)ON. The van der Waals surface area contributed by atoms with E-state index in [9.17, 15) is 9.59 Å². The third-order valence-electron chi connectivity index (χ3n) is 2.67. The van der Waals surface area contributed by atoms with Crippen LogP contribution in [0.2, 0.25) is 0 Å². The van der Waals surface area contributed by atoms with Crippen molar-refractivity contribution < 1.29 is 19.3 Å². The predicted molar refractivity (Wildman–Crippen MR) is 62.0 cm³/mol. The summed E-state index contributed by atoms with van der Waals surface area (Å²) in [5.41, 5.74) is 0. The van der Waals surface area contributed by atoms with Crippen molar-refractivity contribution in [3.63, 3.8) is 0 Å². The van der Waals surface area contributed by atoms with Crippen LogP contribution in [0.4, 0.5) is 0 Å². The summed E-state index contributed by atoms with van der Waals surface area (Å²) in [5.74, 6) is 8.46. The predicted octanol–water partition coefficient (Wildman–Crippen LogP) is 1.19. The molecule has 6 nitrogen and oxygen atoms in total. The molecule has 0 fully saturated rings. The van der Waals surface area contributed by atoms with E-state index in [0.717, 1.165) is 25.7 Å². The molecule has 0 rings (SSSR count). The molecule has 0 aliphatic rings. The minimum atomic E-state index is -0.474. The van der Waals surface area contributed by atoms with Crippen LogP contribution >= 0.6 is 0 Å². The molecule has 0 aromatic carbocycles. The number of rotatable bonds is 9. The van der Waals surface area contributed by atoms with Gasteiger partial charge in [-0.25, -0.2) is 0 Å². The molecule has 6 heteroatoms. The van der Waals surface area contributed by atoms with Gasteiger partial charge in [-0.15, -0.1) is 0 Å². The van der Waals surface area contributed by atoms with Gasteiger partial charge in [-0.3, -0.25) is 9.59 Å². The van der Waals surface area contributed by atoms with E-state index in [1.165, 1.54) is 0 Å². The highest BCUT2D eigenvalue weighted by Gasteiger charge is 2.19. The fourth-order valence-electron chi connectivity index (χ4n) is 1.67. The van der Waals surface area contributed by atoms with E-state index in [4.69, 9.17) is 11.8 Å². The van der Waals surface area contributed by atoms with Crippen molar-refractivity contribution in [2.75, 3.05) is 0 Å².